The van der Waals surface area contributed by atoms with Gasteiger partial charge in [-0.3, -0.25) is 14.4 Å². The molecular formula is C22H27N7O. The fourth-order valence-electron chi connectivity index (χ4n) is 2.90. The van der Waals surface area contributed by atoms with E-state index in [0.717, 1.165) is 22.8 Å². The SMILES string of the molecule is CN=C(NCc1ccc(C(=O)N(C)C)cc1)NCc1ccc(-n2ccnc2C)nc1. The Labute approximate surface area is 176 Å². The first-order valence-corrected chi connectivity index (χ1v) is 9.68. The van der Waals surface area contributed by atoms with E-state index in [0.29, 0.717) is 24.6 Å². The van der Waals surface area contributed by atoms with Gasteiger partial charge in [0.15, 0.2) is 5.96 Å². The molecule has 0 radical (unpaired) electrons. The fourth-order valence-corrected chi connectivity index (χ4v) is 2.90. The minimum Gasteiger partial charge on any atom is -0.352 e. The molecule has 3 rings (SSSR count). The van der Waals surface area contributed by atoms with Crippen LogP contribution in [0.4, 0.5) is 0 Å². The Balaban J connectivity index is 1.51. The van der Waals surface area contributed by atoms with E-state index >= 15 is 0 Å². The van der Waals surface area contributed by atoms with E-state index in [-0.39, 0.29) is 5.91 Å². The van der Waals surface area contributed by atoms with Crippen LogP contribution in [0.2, 0.25) is 0 Å². The zero-order chi connectivity index (χ0) is 21.5. The molecule has 0 saturated heterocycles. The molecule has 0 unspecified atom stereocenters. The molecule has 0 fully saturated rings. The summed E-state index contributed by atoms with van der Waals surface area (Å²) in [7, 11) is 5.22. The monoisotopic (exact) mass is 405 g/mol. The number of imidazole rings is 1. The highest BCUT2D eigenvalue weighted by Crippen LogP contribution is 2.09. The van der Waals surface area contributed by atoms with Gasteiger partial charge >= 0.3 is 0 Å². The largest absolute Gasteiger partial charge is 0.352 e. The van der Waals surface area contributed by atoms with Crippen LogP contribution in [0.1, 0.15) is 27.3 Å². The molecule has 1 amide bonds. The van der Waals surface area contributed by atoms with Gasteiger partial charge < -0.3 is 15.5 Å². The second-order valence-electron chi connectivity index (χ2n) is 7.04. The van der Waals surface area contributed by atoms with Crippen molar-refractivity contribution >= 4 is 11.9 Å². The molecule has 2 heterocycles. The van der Waals surface area contributed by atoms with Crippen molar-refractivity contribution in [2.45, 2.75) is 20.0 Å². The number of aliphatic imine (C=N–C) groups is 1. The standard InChI is InChI=1S/C22H27N7O/c1-16-24-11-12-29(16)20-10-7-18(14-25-20)15-27-22(23-2)26-13-17-5-8-19(9-6-17)21(30)28(3)4/h5-12,14H,13,15H2,1-4H3,(H2,23,26,27). The summed E-state index contributed by atoms with van der Waals surface area (Å²) in [4.78, 5) is 26.5. The third-order valence-electron chi connectivity index (χ3n) is 4.63. The highest BCUT2D eigenvalue weighted by Gasteiger charge is 2.07. The number of guanidine groups is 1. The molecule has 0 aliphatic heterocycles. The van der Waals surface area contributed by atoms with Crippen LogP contribution in [0.3, 0.4) is 0 Å². The van der Waals surface area contributed by atoms with E-state index in [9.17, 15) is 4.79 Å². The van der Waals surface area contributed by atoms with Gasteiger partial charge in [0, 0.05) is 58.4 Å². The van der Waals surface area contributed by atoms with Crippen molar-refractivity contribution in [1.82, 2.24) is 30.1 Å². The van der Waals surface area contributed by atoms with Gasteiger partial charge in [-0.2, -0.15) is 0 Å². The predicted octanol–water partition coefficient (Wildman–Crippen LogP) is 2.14. The second kappa shape index (κ2) is 9.69. The molecule has 0 aliphatic carbocycles. The van der Waals surface area contributed by atoms with Gasteiger partial charge in [0.05, 0.1) is 0 Å². The van der Waals surface area contributed by atoms with Crippen molar-refractivity contribution in [1.29, 1.82) is 0 Å². The van der Waals surface area contributed by atoms with Gasteiger partial charge in [-0.25, -0.2) is 9.97 Å². The van der Waals surface area contributed by atoms with Crippen molar-refractivity contribution in [3.8, 4) is 5.82 Å². The van der Waals surface area contributed by atoms with Crippen LogP contribution in [0.5, 0.6) is 0 Å². The maximum absolute atomic E-state index is 12.0. The lowest BCUT2D eigenvalue weighted by Crippen LogP contribution is -2.36. The number of nitrogens with zero attached hydrogens (tertiary/aromatic N) is 5. The Morgan fingerprint density at radius 2 is 1.70 bits per heavy atom. The zero-order valence-electron chi connectivity index (χ0n) is 17.8. The van der Waals surface area contributed by atoms with E-state index in [2.05, 4.69) is 25.6 Å². The first-order chi connectivity index (χ1) is 14.5. The Morgan fingerprint density at radius 1 is 1.03 bits per heavy atom. The summed E-state index contributed by atoms with van der Waals surface area (Å²) in [5.74, 6) is 2.43. The average Bonchev–Trinajstić information content (AvgIpc) is 3.20. The normalized spacial score (nSPS) is 11.3. The molecule has 0 saturated carbocycles. The number of carbonyl (C=O) groups is 1. The van der Waals surface area contributed by atoms with Crippen molar-refractivity contribution in [3.05, 3.63) is 77.5 Å². The number of rotatable bonds is 6. The van der Waals surface area contributed by atoms with Gasteiger partial charge in [0.2, 0.25) is 0 Å². The van der Waals surface area contributed by atoms with Gasteiger partial charge in [-0.1, -0.05) is 18.2 Å². The van der Waals surface area contributed by atoms with E-state index in [1.54, 1.807) is 32.2 Å². The first kappa shape index (κ1) is 21.0. The topological polar surface area (TPSA) is 87.4 Å². The molecule has 0 aliphatic rings. The molecular weight excluding hydrogens is 378 g/mol. The van der Waals surface area contributed by atoms with Crippen LogP contribution < -0.4 is 10.6 Å². The average molecular weight is 406 g/mol. The highest BCUT2D eigenvalue weighted by molar-refractivity contribution is 5.93. The minimum absolute atomic E-state index is 0.00480. The predicted molar refractivity (Wildman–Crippen MR) is 118 cm³/mol. The van der Waals surface area contributed by atoms with Crippen molar-refractivity contribution in [3.63, 3.8) is 0 Å². The molecule has 2 N–H and O–H groups in total. The van der Waals surface area contributed by atoms with E-state index in [4.69, 9.17) is 0 Å². The van der Waals surface area contributed by atoms with Crippen molar-refractivity contribution < 1.29 is 4.79 Å². The number of amides is 1. The molecule has 0 spiro atoms. The minimum atomic E-state index is -0.00480. The number of aryl methyl sites for hydroxylation is 1. The molecule has 8 heteroatoms. The second-order valence-corrected chi connectivity index (χ2v) is 7.04. The van der Waals surface area contributed by atoms with Crippen LogP contribution in [-0.2, 0) is 13.1 Å². The lowest BCUT2D eigenvalue weighted by atomic mass is 10.1. The summed E-state index contributed by atoms with van der Waals surface area (Å²) in [5.41, 5.74) is 2.79. The summed E-state index contributed by atoms with van der Waals surface area (Å²) in [6.07, 6.45) is 5.50. The molecule has 156 valence electrons. The number of pyridine rings is 1. The van der Waals surface area contributed by atoms with Crippen LogP contribution in [0.25, 0.3) is 5.82 Å². The third-order valence-corrected chi connectivity index (χ3v) is 4.63. The third kappa shape index (κ3) is 5.22. The van der Waals surface area contributed by atoms with Crippen LogP contribution in [0.15, 0.2) is 60.0 Å². The van der Waals surface area contributed by atoms with Crippen LogP contribution in [-0.4, -0.2) is 52.4 Å². The van der Waals surface area contributed by atoms with Crippen LogP contribution in [0, 0.1) is 6.92 Å². The number of hydrogen-bond acceptors (Lipinski definition) is 4. The van der Waals surface area contributed by atoms with E-state index in [1.807, 2.05) is 60.3 Å². The van der Waals surface area contributed by atoms with Crippen molar-refractivity contribution in [2.24, 2.45) is 4.99 Å². The molecule has 8 nitrogen and oxygen atoms in total. The van der Waals surface area contributed by atoms with Gasteiger partial charge in [-0.05, 0) is 36.2 Å². The molecule has 0 bridgehead atoms. The maximum Gasteiger partial charge on any atom is 0.253 e. The first-order valence-electron chi connectivity index (χ1n) is 9.68. The lowest BCUT2D eigenvalue weighted by molar-refractivity contribution is 0.0827. The summed E-state index contributed by atoms with van der Waals surface area (Å²) < 4.78 is 1.94. The number of nitrogens with one attached hydrogen (secondary N) is 2. The number of benzene rings is 1. The van der Waals surface area contributed by atoms with Gasteiger partial charge in [-0.15, -0.1) is 0 Å². The fraction of sp³-hybridized carbons (Fsp3) is 0.273. The smallest absolute Gasteiger partial charge is 0.253 e. The Morgan fingerprint density at radius 3 is 2.23 bits per heavy atom. The Bertz CT molecular complexity index is 1000. The summed E-state index contributed by atoms with van der Waals surface area (Å²) in [6, 6.07) is 11.6. The molecule has 2 aromatic heterocycles. The molecule has 0 atom stereocenters. The number of carbonyl (C=O) groups excluding carboxylic acids is 1. The van der Waals surface area contributed by atoms with E-state index in [1.165, 1.54) is 0 Å². The summed E-state index contributed by atoms with van der Waals surface area (Å²) in [5, 5.41) is 6.56. The van der Waals surface area contributed by atoms with Crippen molar-refractivity contribution in [2.75, 3.05) is 21.1 Å². The number of hydrogen-bond donors (Lipinski definition) is 2. The molecule has 3 aromatic rings. The zero-order valence-corrected chi connectivity index (χ0v) is 17.8. The van der Waals surface area contributed by atoms with E-state index < -0.39 is 0 Å². The molecule has 1 aromatic carbocycles. The van der Waals surface area contributed by atoms with Gasteiger partial charge in [0.1, 0.15) is 11.6 Å². The highest BCUT2D eigenvalue weighted by atomic mass is 16.2. The summed E-state index contributed by atoms with van der Waals surface area (Å²) in [6.45, 7) is 3.15. The molecule has 30 heavy (non-hydrogen) atoms. The summed E-state index contributed by atoms with van der Waals surface area (Å²) >= 11 is 0. The lowest BCUT2D eigenvalue weighted by Gasteiger charge is -2.13. The van der Waals surface area contributed by atoms with Crippen LogP contribution >= 0.6 is 0 Å². The Hall–Kier alpha value is -3.68. The quantitative estimate of drug-likeness (QED) is 0.485. The Kier molecular flexibility index (Phi) is 6.79. The number of aromatic nitrogens is 3. The van der Waals surface area contributed by atoms with Gasteiger partial charge in [0.25, 0.3) is 5.91 Å². The maximum atomic E-state index is 12.0.